The molecular weight excluding hydrogens is 248 g/mol. The molecule has 2 N–H and O–H groups in total. The molecule has 1 saturated heterocycles. The van der Waals surface area contributed by atoms with Gasteiger partial charge in [-0.2, -0.15) is 0 Å². The zero-order chi connectivity index (χ0) is 14.2. The van der Waals surface area contributed by atoms with Gasteiger partial charge in [-0.25, -0.2) is 9.59 Å². The van der Waals surface area contributed by atoms with Crippen molar-refractivity contribution in [3.05, 3.63) is 30.3 Å². The van der Waals surface area contributed by atoms with Crippen molar-refractivity contribution in [3.63, 3.8) is 0 Å². The van der Waals surface area contributed by atoms with Crippen LogP contribution in [0.5, 0.6) is 0 Å². The van der Waals surface area contributed by atoms with E-state index in [0.717, 1.165) is 9.80 Å². The van der Waals surface area contributed by atoms with Crippen LogP contribution in [-0.2, 0) is 4.79 Å². The number of likely N-dealkylation sites (N-methyl/N-ethyl adjacent to an activating group) is 2. The molecule has 100 valence electrons. The molecule has 2 rings (SSSR count). The van der Waals surface area contributed by atoms with Gasteiger partial charge in [0.1, 0.15) is 0 Å². The fourth-order valence-electron chi connectivity index (χ4n) is 2.04. The predicted molar refractivity (Wildman–Crippen MR) is 68.2 cm³/mol. The molecule has 0 aliphatic carbocycles. The van der Waals surface area contributed by atoms with E-state index in [1.807, 2.05) is 0 Å². The van der Waals surface area contributed by atoms with Crippen LogP contribution < -0.4 is 10.6 Å². The van der Waals surface area contributed by atoms with Crippen molar-refractivity contribution in [1.82, 2.24) is 9.80 Å². The number of hydrogen-bond donors (Lipinski definition) is 1. The maximum atomic E-state index is 12.1. The molecule has 7 nitrogen and oxygen atoms in total. The Labute approximate surface area is 110 Å². The molecule has 1 aliphatic rings. The molecule has 1 heterocycles. The highest BCUT2D eigenvalue weighted by Gasteiger charge is 2.46. The molecule has 0 bridgehead atoms. The van der Waals surface area contributed by atoms with Crippen molar-refractivity contribution in [2.24, 2.45) is 5.73 Å². The van der Waals surface area contributed by atoms with Gasteiger partial charge in [-0.3, -0.25) is 19.5 Å². The second-order valence-electron chi connectivity index (χ2n) is 4.21. The number of anilines is 1. The third kappa shape index (κ3) is 1.99. The van der Waals surface area contributed by atoms with Crippen molar-refractivity contribution in [3.8, 4) is 0 Å². The minimum Gasteiger partial charge on any atom is -0.351 e. The van der Waals surface area contributed by atoms with Gasteiger partial charge in [-0.15, -0.1) is 0 Å². The number of primary amides is 1. The molecule has 0 saturated carbocycles. The van der Waals surface area contributed by atoms with E-state index in [9.17, 15) is 14.4 Å². The fraction of sp³-hybridized carbons (Fsp3) is 0.250. The van der Waals surface area contributed by atoms with Crippen LogP contribution in [0.4, 0.5) is 15.3 Å². The molecule has 19 heavy (non-hydrogen) atoms. The number of benzene rings is 1. The predicted octanol–water partition coefficient (Wildman–Crippen LogP) is 0.422. The van der Waals surface area contributed by atoms with E-state index in [0.29, 0.717) is 5.69 Å². The third-order valence-electron chi connectivity index (χ3n) is 3.02. The van der Waals surface area contributed by atoms with E-state index in [4.69, 9.17) is 5.73 Å². The largest absolute Gasteiger partial charge is 0.351 e. The zero-order valence-electron chi connectivity index (χ0n) is 10.6. The molecule has 1 aliphatic heterocycles. The van der Waals surface area contributed by atoms with Crippen molar-refractivity contribution >= 4 is 23.7 Å². The van der Waals surface area contributed by atoms with Gasteiger partial charge < -0.3 is 5.73 Å². The highest BCUT2D eigenvalue weighted by Crippen LogP contribution is 2.23. The quantitative estimate of drug-likeness (QED) is 0.784. The van der Waals surface area contributed by atoms with E-state index >= 15 is 0 Å². The fourth-order valence-corrected chi connectivity index (χ4v) is 2.04. The van der Waals surface area contributed by atoms with Gasteiger partial charge in [0.05, 0.1) is 0 Å². The number of rotatable bonds is 2. The van der Waals surface area contributed by atoms with Gasteiger partial charge >= 0.3 is 12.1 Å². The SMILES string of the molecule is CN1C(=O)C(N(C(N)=O)c2ccccc2)N(C)C1=O. The molecule has 0 spiro atoms. The second kappa shape index (κ2) is 4.60. The van der Waals surface area contributed by atoms with E-state index in [-0.39, 0.29) is 0 Å². The molecule has 1 aromatic carbocycles. The summed E-state index contributed by atoms with van der Waals surface area (Å²) in [7, 11) is 2.82. The molecule has 1 unspecified atom stereocenters. The Balaban J connectivity index is 2.44. The van der Waals surface area contributed by atoms with Crippen LogP contribution in [-0.4, -0.2) is 48.0 Å². The number of para-hydroxylation sites is 1. The van der Waals surface area contributed by atoms with Gasteiger partial charge in [0.25, 0.3) is 5.91 Å². The number of amides is 5. The summed E-state index contributed by atoms with van der Waals surface area (Å²) in [4.78, 5) is 38.7. The van der Waals surface area contributed by atoms with Crippen LogP contribution in [0.3, 0.4) is 0 Å². The number of nitrogens with two attached hydrogens (primary N) is 1. The van der Waals surface area contributed by atoms with Gasteiger partial charge in [-0.05, 0) is 12.1 Å². The Morgan fingerprint density at radius 3 is 2.21 bits per heavy atom. The third-order valence-corrected chi connectivity index (χ3v) is 3.02. The lowest BCUT2D eigenvalue weighted by molar-refractivity contribution is -0.127. The Hall–Kier alpha value is -2.57. The van der Waals surface area contributed by atoms with E-state index in [1.54, 1.807) is 30.3 Å². The van der Waals surface area contributed by atoms with Crippen molar-refractivity contribution in [2.45, 2.75) is 6.17 Å². The monoisotopic (exact) mass is 262 g/mol. The first-order valence-corrected chi connectivity index (χ1v) is 5.63. The topological polar surface area (TPSA) is 87.0 Å². The molecule has 0 radical (unpaired) electrons. The highest BCUT2D eigenvalue weighted by molar-refractivity contribution is 6.09. The van der Waals surface area contributed by atoms with Gasteiger partial charge in [0, 0.05) is 19.8 Å². The minimum absolute atomic E-state index is 0.461. The molecule has 1 fully saturated rings. The Kier molecular flexibility index (Phi) is 3.12. The van der Waals surface area contributed by atoms with Crippen LogP contribution >= 0.6 is 0 Å². The summed E-state index contributed by atoms with van der Waals surface area (Å²) in [6.07, 6.45) is -1.04. The second-order valence-corrected chi connectivity index (χ2v) is 4.21. The molecule has 1 aromatic rings. The summed E-state index contributed by atoms with van der Waals surface area (Å²) >= 11 is 0. The first-order valence-electron chi connectivity index (χ1n) is 5.63. The normalized spacial score (nSPS) is 18.9. The van der Waals surface area contributed by atoms with Crippen LogP contribution in [0, 0.1) is 0 Å². The van der Waals surface area contributed by atoms with Gasteiger partial charge in [0.2, 0.25) is 0 Å². The molecule has 0 aromatic heterocycles. The molecule has 1 atom stereocenters. The van der Waals surface area contributed by atoms with Crippen molar-refractivity contribution in [2.75, 3.05) is 19.0 Å². The smallest absolute Gasteiger partial charge is 0.328 e. The van der Waals surface area contributed by atoms with E-state index < -0.39 is 24.1 Å². The maximum absolute atomic E-state index is 12.1. The Morgan fingerprint density at radius 1 is 1.21 bits per heavy atom. The molecular formula is C12H14N4O3. The van der Waals surface area contributed by atoms with Crippen molar-refractivity contribution in [1.29, 1.82) is 0 Å². The molecule has 7 heteroatoms. The zero-order valence-corrected chi connectivity index (χ0v) is 10.6. The average molecular weight is 262 g/mol. The lowest BCUT2D eigenvalue weighted by Crippen LogP contribution is -2.53. The van der Waals surface area contributed by atoms with Gasteiger partial charge in [0.15, 0.2) is 6.17 Å². The van der Waals surface area contributed by atoms with Crippen molar-refractivity contribution < 1.29 is 14.4 Å². The van der Waals surface area contributed by atoms with Crippen LogP contribution in [0.2, 0.25) is 0 Å². The maximum Gasteiger partial charge on any atom is 0.328 e. The average Bonchev–Trinajstić information content (AvgIpc) is 2.58. The summed E-state index contributed by atoms with van der Waals surface area (Å²) in [5, 5.41) is 0. The first-order chi connectivity index (χ1) is 8.95. The van der Waals surface area contributed by atoms with Gasteiger partial charge in [-0.1, -0.05) is 18.2 Å². The Morgan fingerprint density at radius 2 is 1.79 bits per heavy atom. The number of carbonyl (C=O) groups is 3. The number of hydrogen-bond acceptors (Lipinski definition) is 3. The lowest BCUT2D eigenvalue weighted by Gasteiger charge is -2.29. The summed E-state index contributed by atoms with van der Waals surface area (Å²) < 4.78 is 0. The minimum atomic E-state index is -1.04. The number of imide groups is 1. The first kappa shape index (κ1) is 12.9. The molecule has 5 amide bonds. The van der Waals surface area contributed by atoms with E-state index in [2.05, 4.69) is 0 Å². The summed E-state index contributed by atoms with van der Waals surface area (Å²) in [6, 6.07) is 7.24. The van der Waals surface area contributed by atoms with Crippen LogP contribution in [0.25, 0.3) is 0 Å². The lowest BCUT2D eigenvalue weighted by atomic mass is 10.2. The van der Waals surface area contributed by atoms with E-state index in [1.165, 1.54) is 19.0 Å². The summed E-state index contributed by atoms with van der Waals surface area (Å²) in [6.45, 7) is 0. The summed E-state index contributed by atoms with van der Waals surface area (Å²) in [5.41, 5.74) is 5.80. The van der Waals surface area contributed by atoms with Crippen LogP contribution in [0.1, 0.15) is 0 Å². The standard InChI is InChI=1S/C12H14N4O3/c1-14-9(10(17)15(2)12(14)19)16(11(13)18)8-6-4-3-5-7-8/h3-7,9H,1-2H3,(H2,13,18). The highest BCUT2D eigenvalue weighted by atomic mass is 16.2. The summed E-state index contributed by atoms with van der Waals surface area (Å²) in [5.74, 6) is -0.491. The number of carbonyl (C=O) groups excluding carboxylic acids is 3. The number of nitrogens with zero attached hydrogens (tertiary/aromatic N) is 3. The Bertz CT molecular complexity index is 531. The number of urea groups is 2. The van der Waals surface area contributed by atoms with Crippen LogP contribution in [0.15, 0.2) is 30.3 Å².